The Kier molecular flexibility index (Phi) is 7.23. The summed E-state index contributed by atoms with van der Waals surface area (Å²) in [7, 11) is 0. The van der Waals surface area contributed by atoms with E-state index in [2.05, 4.69) is 0 Å². The number of hydrogen-bond donors (Lipinski definition) is 1. The van der Waals surface area contributed by atoms with E-state index in [4.69, 9.17) is 17.3 Å². The lowest BCUT2D eigenvalue weighted by molar-refractivity contribution is -0.137. The Morgan fingerprint density at radius 1 is 1.11 bits per heavy atom. The lowest BCUT2D eigenvalue weighted by Gasteiger charge is -2.21. The average Bonchev–Trinajstić information content (AvgIpc) is 2.64. The zero-order valence-electron chi connectivity index (χ0n) is 14.7. The van der Waals surface area contributed by atoms with Gasteiger partial charge in [0.1, 0.15) is 0 Å². The molecule has 0 aromatic heterocycles. The first-order chi connectivity index (χ1) is 13.2. The minimum Gasteiger partial charge on any atom is -0.370 e. The number of rotatable bonds is 7. The van der Waals surface area contributed by atoms with Crippen LogP contribution in [0.3, 0.4) is 0 Å². The summed E-state index contributed by atoms with van der Waals surface area (Å²) in [6.07, 6.45) is -2.19. The normalized spacial score (nSPS) is 11.6. The summed E-state index contributed by atoms with van der Waals surface area (Å²) < 4.78 is 38.6. The van der Waals surface area contributed by atoms with Gasteiger partial charge in [-0.05, 0) is 35.4 Å². The van der Waals surface area contributed by atoms with Crippen LogP contribution in [0.15, 0.2) is 54.6 Å². The van der Waals surface area contributed by atoms with Crippen molar-refractivity contribution < 1.29 is 22.8 Å². The number of carbonyl (C=O) groups excluding carboxylic acids is 2. The highest BCUT2D eigenvalue weighted by atomic mass is 35.5. The van der Waals surface area contributed by atoms with Crippen LogP contribution in [-0.4, -0.2) is 23.3 Å². The van der Waals surface area contributed by atoms with E-state index in [0.717, 1.165) is 29.8 Å². The molecule has 0 saturated carbocycles. The van der Waals surface area contributed by atoms with Gasteiger partial charge in [0.05, 0.1) is 5.56 Å². The number of nitrogens with zero attached hydrogens (tertiary/aromatic N) is 1. The van der Waals surface area contributed by atoms with Crippen molar-refractivity contribution >= 4 is 29.5 Å². The predicted molar refractivity (Wildman–Crippen MR) is 101 cm³/mol. The highest BCUT2D eigenvalue weighted by Gasteiger charge is 2.30. The average molecular weight is 411 g/mol. The van der Waals surface area contributed by atoms with Crippen molar-refractivity contribution in [1.82, 2.24) is 4.90 Å². The number of carbonyl (C=O) groups is 2. The van der Waals surface area contributed by atoms with Crippen LogP contribution in [-0.2, 0) is 22.3 Å². The number of benzene rings is 2. The van der Waals surface area contributed by atoms with Crippen molar-refractivity contribution in [3.05, 3.63) is 76.3 Å². The molecule has 0 heterocycles. The highest BCUT2D eigenvalue weighted by molar-refractivity contribution is 6.32. The Hall–Kier alpha value is -2.80. The zero-order valence-corrected chi connectivity index (χ0v) is 15.5. The summed E-state index contributed by atoms with van der Waals surface area (Å²) in [5.74, 6) is -1.03. The Bertz CT molecular complexity index is 867. The van der Waals surface area contributed by atoms with Gasteiger partial charge < -0.3 is 10.6 Å². The van der Waals surface area contributed by atoms with Gasteiger partial charge in [-0.15, -0.1) is 0 Å². The van der Waals surface area contributed by atoms with Crippen LogP contribution >= 0.6 is 11.6 Å². The Morgan fingerprint density at radius 2 is 1.79 bits per heavy atom. The first-order valence-electron chi connectivity index (χ1n) is 8.33. The molecule has 0 aliphatic rings. The molecule has 8 heteroatoms. The maximum atomic E-state index is 12.9. The minimum absolute atomic E-state index is 0.0310. The van der Waals surface area contributed by atoms with E-state index < -0.39 is 23.6 Å². The molecule has 148 valence electrons. The van der Waals surface area contributed by atoms with Gasteiger partial charge in [-0.25, -0.2) is 0 Å². The van der Waals surface area contributed by atoms with E-state index >= 15 is 0 Å². The Morgan fingerprint density at radius 3 is 2.39 bits per heavy atom. The number of halogens is 4. The molecule has 0 aliphatic heterocycles. The molecule has 28 heavy (non-hydrogen) atoms. The molecule has 2 aromatic carbocycles. The lowest BCUT2D eigenvalue weighted by atomic mass is 10.1. The number of alkyl halides is 3. The summed E-state index contributed by atoms with van der Waals surface area (Å²) in [6, 6.07) is 12.0. The van der Waals surface area contributed by atoms with Crippen molar-refractivity contribution in [2.24, 2.45) is 5.73 Å². The number of amides is 2. The minimum atomic E-state index is -4.52. The van der Waals surface area contributed by atoms with E-state index in [1.54, 1.807) is 0 Å². The SMILES string of the molecule is NC(=O)CCN(Cc1ccccc1)C(=O)/C=C/c1cc(C(F)(F)F)ccc1Cl. The van der Waals surface area contributed by atoms with Crippen LogP contribution in [0.25, 0.3) is 6.08 Å². The predicted octanol–water partition coefficient (Wildman–Crippen LogP) is 4.28. The fourth-order valence-corrected chi connectivity index (χ4v) is 2.61. The monoisotopic (exact) mass is 410 g/mol. The van der Waals surface area contributed by atoms with Crippen molar-refractivity contribution in [3.8, 4) is 0 Å². The first kappa shape index (κ1) is 21.5. The quantitative estimate of drug-likeness (QED) is 0.692. The highest BCUT2D eigenvalue weighted by Crippen LogP contribution is 2.32. The third kappa shape index (κ3) is 6.42. The molecule has 2 aromatic rings. The van der Waals surface area contributed by atoms with Gasteiger partial charge in [0, 0.05) is 30.6 Å². The maximum absolute atomic E-state index is 12.9. The summed E-state index contributed by atoms with van der Waals surface area (Å²) in [5.41, 5.74) is 5.20. The van der Waals surface area contributed by atoms with E-state index in [9.17, 15) is 22.8 Å². The van der Waals surface area contributed by atoms with Gasteiger partial charge in [-0.1, -0.05) is 41.9 Å². The van der Waals surface area contributed by atoms with Gasteiger partial charge in [0.2, 0.25) is 11.8 Å². The zero-order chi connectivity index (χ0) is 20.7. The molecular weight excluding hydrogens is 393 g/mol. The second-order valence-electron chi connectivity index (χ2n) is 6.03. The van der Waals surface area contributed by atoms with E-state index in [1.165, 1.54) is 11.0 Å². The van der Waals surface area contributed by atoms with Crippen LogP contribution < -0.4 is 5.73 Å². The van der Waals surface area contributed by atoms with Crippen molar-refractivity contribution in [3.63, 3.8) is 0 Å². The summed E-state index contributed by atoms with van der Waals surface area (Å²) in [6.45, 7) is 0.317. The smallest absolute Gasteiger partial charge is 0.370 e. The first-order valence-corrected chi connectivity index (χ1v) is 8.70. The van der Waals surface area contributed by atoms with Crippen LogP contribution in [0.1, 0.15) is 23.1 Å². The fourth-order valence-electron chi connectivity index (χ4n) is 2.43. The number of hydrogen-bond acceptors (Lipinski definition) is 2. The second-order valence-corrected chi connectivity index (χ2v) is 6.44. The molecule has 0 unspecified atom stereocenters. The van der Waals surface area contributed by atoms with Gasteiger partial charge in [-0.2, -0.15) is 13.2 Å². The summed E-state index contributed by atoms with van der Waals surface area (Å²) in [5, 5.41) is 0.0868. The van der Waals surface area contributed by atoms with Gasteiger partial charge in [-0.3, -0.25) is 9.59 Å². The molecule has 0 radical (unpaired) electrons. The van der Waals surface area contributed by atoms with Gasteiger partial charge in [0.25, 0.3) is 0 Å². The third-order valence-corrected chi connectivity index (χ3v) is 4.23. The van der Waals surface area contributed by atoms with E-state index in [0.29, 0.717) is 0 Å². The van der Waals surface area contributed by atoms with Crippen LogP contribution in [0.5, 0.6) is 0 Å². The van der Waals surface area contributed by atoms with E-state index in [-0.39, 0.29) is 30.1 Å². The molecule has 2 amide bonds. The number of primary amides is 1. The second kappa shape index (κ2) is 9.41. The summed E-state index contributed by atoms with van der Waals surface area (Å²) >= 11 is 5.94. The molecule has 0 atom stereocenters. The topological polar surface area (TPSA) is 63.4 Å². The standard InChI is InChI=1S/C20H18ClF3N2O2/c21-17-8-7-16(20(22,23)24)12-15(17)6-9-19(28)26(11-10-18(25)27)13-14-4-2-1-3-5-14/h1-9,12H,10-11,13H2,(H2,25,27)/b9-6+. The molecule has 0 spiro atoms. The van der Waals surface area contributed by atoms with Crippen molar-refractivity contribution in [1.29, 1.82) is 0 Å². The van der Waals surface area contributed by atoms with Crippen LogP contribution in [0.4, 0.5) is 13.2 Å². The maximum Gasteiger partial charge on any atom is 0.416 e. The van der Waals surface area contributed by atoms with E-state index in [1.807, 2.05) is 30.3 Å². The van der Waals surface area contributed by atoms with Crippen molar-refractivity contribution in [2.75, 3.05) is 6.54 Å². The number of nitrogens with two attached hydrogens (primary N) is 1. The largest absolute Gasteiger partial charge is 0.416 e. The molecule has 0 saturated heterocycles. The molecular formula is C20H18ClF3N2O2. The third-order valence-electron chi connectivity index (χ3n) is 3.88. The van der Waals surface area contributed by atoms with Crippen LogP contribution in [0, 0.1) is 0 Å². The van der Waals surface area contributed by atoms with Gasteiger partial charge >= 0.3 is 6.18 Å². The molecule has 0 aliphatic carbocycles. The Labute approximate surface area is 165 Å². The van der Waals surface area contributed by atoms with Crippen LogP contribution in [0.2, 0.25) is 5.02 Å². The summed E-state index contributed by atoms with van der Waals surface area (Å²) in [4.78, 5) is 25.0. The van der Waals surface area contributed by atoms with Crippen molar-refractivity contribution in [2.45, 2.75) is 19.1 Å². The Balaban J connectivity index is 2.21. The molecule has 0 bridgehead atoms. The molecule has 2 N–H and O–H groups in total. The fraction of sp³-hybridized carbons (Fsp3) is 0.200. The molecule has 4 nitrogen and oxygen atoms in total. The molecule has 2 rings (SSSR count). The lowest BCUT2D eigenvalue weighted by Crippen LogP contribution is -2.32. The van der Waals surface area contributed by atoms with Gasteiger partial charge in [0.15, 0.2) is 0 Å². The molecule has 0 fully saturated rings.